The van der Waals surface area contributed by atoms with E-state index in [0.29, 0.717) is 25.9 Å². The minimum absolute atomic E-state index is 0.0455. The zero-order valence-electron chi connectivity index (χ0n) is 19.3. The number of imidazole rings is 1. The second-order valence-electron chi connectivity index (χ2n) is 8.59. The maximum atomic E-state index is 13.4. The predicted molar refractivity (Wildman–Crippen MR) is 137 cm³/mol. The number of halogens is 1. The van der Waals surface area contributed by atoms with E-state index in [4.69, 9.17) is 16.3 Å². The molecule has 1 aliphatic heterocycles. The average molecular weight is 526 g/mol. The summed E-state index contributed by atoms with van der Waals surface area (Å²) in [5.74, 6) is -0.654. The van der Waals surface area contributed by atoms with E-state index in [0.717, 1.165) is 22.2 Å². The largest absolute Gasteiger partial charge is 0.462 e. The number of hydrogen-bond acceptors (Lipinski definition) is 5. The number of rotatable bonds is 7. The summed E-state index contributed by atoms with van der Waals surface area (Å²) in [6, 6.07) is 19.2. The molecular weight excluding hydrogens is 502 g/mol. The number of nitrogens with one attached hydrogen (secondary N) is 1. The van der Waals surface area contributed by atoms with Gasteiger partial charge in [-0.1, -0.05) is 48.0 Å². The van der Waals surface area contributed by atoms with E-state index in [2.05, 4.69) is 4.98 Å². The van der Waals surface area contributed by atoms with Crippen molar-refractivity contribution in [2.75, 3.05) is 13.2 Å². The summed E-state index contributed by atoms with van der Waals surface area (Å²) < 4.78 is 35.1. The van der Waals surface area contributed by atoms with Crippen LogP contribution in [0.5, 0.6) is 0 Å². The Kier molecular flexibility index (Phi) is 6.70. The van der Waals surface area contributed by atoms with Gasteiger partial charge in [0, 0.05) is 19.6 Å². The van der Waals surface area contributed by atoms with Crippen molar-refractivity contribution in [2.45, 2.75) is 30.8 Å². The van der Waals surface area contributed by atoms with Gasteiger partial charge >= 0.3 is 11.7 Å². The zero-order chi connectivity index (χ0) is 25.3. The number of aryl methyl sites for hydroxylation is 1. The van der Waals surface area contributed by atoms with Crippen molar-refractivity contribution < 1.29 is 17.9 Å². The summed E-state index contributed by atoms with van der Waals surface area (Å²) in [5, 5.41) is 0.0455. The number of fused-ring (bicyclic) bond motifs is 2. The molecule has 0 bridgehead atoms. The molecule has 2 heterocycles. The van der Waals surface area contributed by atoms with Crippen molar-refractivity contribution in [3.8, 4) is 0 Å². The minimum atomic E-state index is -3.92. The Morgan fingerprint density at radius 3 is 2.61 bits per heavy atom. The number of nitrogens with zero attached hydrogens (tertiary/aromatic N) is 2. The van der Waals surface area contributed by atoms with Crippen LogP contribution < -0.4 is 5.69 Å². The maximum Gasteiger partial charge on any atom is 0.338 e. The fourth-order valence-corrected chi connectivity index (χ4v) is 6.36. The number of aromatic nitrogens is 2. The molecule has 3 aromatic carbocycles. The average Bonchev–Trinajstić information content (AvgIpc) is 3.21. The number of carbonyl (C=O) groups excluding carboxylic acids is 1. The molecule has 0 saturated carbocycles. The maximum absolute atomic E-state index is 13.4. The molecule has 0 amide bonds. The van der Waals surface area contributed by atoms with E-state index in [1.54, 1.807) is 4.57 Å². The van der Waals surface area contributed by atoms with Crippen LogP contribution in [0.25, 0.3) is 11.0 Å². The summed E-state index contributed by atoms with van der Waals surface area (Å²) in [5.41, 5.74) is 3.47. The highest BCUT2D eigenvalue weighted by Gasteiger charge is 2.30. The summed E-state index contributed by atoms with van der Waals surface area (Å²) in [4.78, 5) is 27.5. The van der Waals surface area contributed by atoms with Crippen molar-refractivity contribution in [3.63, 3.8) is 0 Å². The SMILES string of the molecule is O=C(OCCCn1c(=O)[nH]c2ccccc21)c1ccc(Cl)c(S(=O)(=O)N2CCc3ccccc3C2)c1. The van der Waals surface area contributed by atoms with Crippen LogP contribution in [-0.4, -0.2) is 41.4 Å². The van der Waals surface area contributed by atoms with Crippen LogP contribution >= 0.6 is 11.6 Å². The van der Waals surface area contributed by atoms with Crippen LogP contribution in [-0.2, 0) is 34.3 Å². The highest BCUT2D eigenvalue weighted by atomic mass is 35.5. The van der Waals surface area contributed by atoms with Gasteiger partial charge in [-0.15, -0.1) is 0 Å². The second kappa shape index (κ2) is 9.93. The lowest BCUT2D eigenvalue weighted by atomic mass is 10.0. The molecule has 8 nitrogen and oxygen atoms in total. The molecule has 186 valence electrons. The summed E-state index contributed by atoms with van der Waals surface area (Å²) in [6.07, 6.45) is 1.02. The third-order valence-electron chi connectivity index (χ3n) is 6.32. The number of esters is 1. The third kappa shape index (κ3) is 4.69. The zero-order valence-corrected chi connectivity index (χ0v) is 20.9. The summed E-state index contributed by atoms with van der Waals surface area (Å²) >= 11 is 6.26. The lowest BCUT2D eigenvalue weighted by Gasteiger charge is -2.28. The van der Waals surface area contributed by atoms with Crippen LogP contribution in [0.15, 0.2) is 76.4 Å². The van der Waals surface area contributed by atoms with Gasteiger partial charge in [-0.05, 0) is 54.3 Å². The van der Waals surface area contributed by atoms with Gasteiger partial charge in [0.2, 0.25) is 10.0 Å². The molecule has 0 radical (unpaired) electrons. The van der Waals surface area contributed by atoms with E-state index >= 15 is 0 Å². The van der Waals surface area contributed by atoms with Crippen molar-refractivity contribution in [2.24, 2.45) is 0 Å². The Bertz CT molecular complexity index is 1610. The molecule has 4 aromatic rings. The van der Waals surface area contributed by atoms with Gasteiger partial charge in [-0.3, -0.25) is 4.57 Å². The summed E-state index contributed by atoms with van der Waals surface area (Å²) in [6.45, 7) is 1.01. The minimum Gasteiger partial charge on any atom is -0.462 e. The molecule has 0 aliphatic carbocycles. The number of sulfonamides is 1. The standard InChI is InChI=1S/C26H24ClN3O5S/c27-21-11-10-19(16-24(21)36(33,34)29-14-12-18-6-1-2-7-20(18)17-29)25(31)35-15-5-13-30-23-9-4-3-8-22(23)28-26(30)32/h1-4,6-11,16H,5,12-15,17H2,(H,28,32). The first kappa shape index (κ1) is 24.3. The van der Waals surface area contributed by atoms with Crippen LogP contribution in [0.1, 0.15) is 27.9 Å². The highest BCUT2D eigenvalue weighted by Crippen LogP contribution is 2.30. The molecule has 10 heteroatoms. The molecule has 0 saturated heterocycles. The van der Waals surface area contributed by atoms with E-state index in [1.807, 2.05) is 48.5 Å². The molecule has 0 fully saturated rings. The molecule has 1 N–H and O–H groups in total. The highest BCUT2D eigenvalue weighted by molar-refractivity contribution is 7.89. The predicted octanol–water partition coefficient (Wildman–Crippen LogP) is 3.98. The molecule has 5 rings (SSSR count). The van der Waals surface area contributed by atoms with E-state index < -0.39 is 16.0 Å². The number of carbonyl (C=O) groups is 1. The van der Waals surface area contributed by atoms with Crippen LogP contribution in [0.3, 0.4) is 0 Å². The normalized spacial score (nSPS) is 14.0. The van der Waals surface area contributed by atoms with Gasteiger partial charge in [0.05, 0.1) is 28.2 Å². The van der Waals surface area contributed by atoms with Gasteiger partial charge in [-0.25, -0.2) is 18.0 Å². The number of para-hydroxylation sites is 2. The van der Waals surface area contributed by atoms with Gasteiger partial charge in [-0.2, -0.15) is 4.31 Å². The van der Waals surface area contributed by atoms with Gasteiger partial charge in [0.1, 0.15) is 4.90 Å². The smallest absolute Gasteiger partial charge is 0.338 e. The topological polar surface area (TPSA) is 101 Å². The monoisotopic (exact) mass is 525 g/mol. The Morgan fingerprint density at radius 1 is 1.03 bits per heavy atom. The Hall–Kier alpha value is -3.40. The van der Waals surface area contributed by atoms with Crippen molar-refractivity contribution >= 4 is 38.6 Å². The lowest BCUT2D eigenvalue weighted by molar-refractivity contribution is 0.0496. The fourth-order valence-electron chi connectivity index (χ4n) is 4.44. The second-order valence-corrected chi connectivity index (χ2v) is 10.9. The number of benzene rings is 3. The number of aromatic amines is 1. The number of H-pyrrole nitrogens is 1. The third-order valence-corrected chi connectivity index (χ3v) is 8.65. The Labute approximate surface area is 213 Å². The Morgan fingerprint density at radius 2 is 1.78 bits per heavy atom. The van der Waals surface area contributed by atoms with Crippen molar-refractivity contribution in [1.82, 2.24) is 13.9 Å². The molecule has 0 spiro atoms. The van der Waals surface area contributed by atoms with Crippen LogP contribution in [0, 0.1) is 0 Å². The quantitative estimate of drug-likeness (QED) is 0.290. The number of ether oxygens (including phenoxy) is 1. The van der Waals surface area contributed by atoms with E-state index in [-0.39, 0.29) is 34.3 Å². The lowest BCUT2D eigenvalue weighted by Crippen LogP contribution is -2.36. The summed E-state index contributed by atoms with van der Waals surface area (Å²) in [7, 11) is -3.92. The van der Waals surface area contributed by atoms with E-state index in [9.17, 15) is 18.0 Å². The molecule has 0 unspecified atom stereocenters. The van der Waals surface area contributed by atoms with Crippen molar-refractivity contribution in [3.05, 3.63) is 98.9 Å². The first-order chi connectivity index (χ1) is 17.3. The van der Waals surface area contributed by atoms with Gasteiger partial charge < -0.3 is 9.72 Å². The first-order valence-electron chi connectivity index (χ1n) is 11.6. The molecule has 36 heavy (non-hydrogen) atoms. The molecule has 0 atom stereocenters. The first-order valence-corrected chi connectivity index (χ1v) is 13.4. The van der Waals surface area contributed by atoms with Crippen molar-refractivity contribution in [1.29, 1.82) is 0 Å². The van der Waals surface area contributed by atoms with Crippen LogP contribution in [0.2, 0.25) is 5.02 Å². The molecule has 1 aromatic heterocycles. The fraction of sp³-hybridized carbons (Fsp3) is 0.231. The molecule has 1 aliphatic rings. The van der Waals surface area contributed by atoms with Gasteiger partial charge in [0.25, 0.3) is 0 Å². The molecular formula is C26H24ClN3O5S. The Balaban J connectivity index is 1.26. The van der Waals surface area contributed by atoms with E-state index in [1.165, 1.54) is 22.5 Å². The van der Waals surface area contributed by atoms with Gasteiger partial charge in [0.15, 0.2) is 0 Å². The number of hydrogen-bond donors (Lipinski definition) is 1. The van der Waals surface area contributed by atoms with Crippen LogP contribution in [0.4, 0.5) is 0 Å².